The smallest absolute Gasteiger partial charge is 0.163 e. The molecule has 0 radical (unpaired) electrons. The van der Waals surface area contributed by atoms with E-state index in [1.54, 1.807) is 12.1 Å². The van der Waals surface area contributed by atoms with Crippen molar-refractivity contribution >= 4 is 5.78 Å². The van der Waals surface area contributed by atoms with Gasteiger partial charge in [0.15, 0.2) is 5.78 Å². The normalized spacial score (nSPS) is 10.0. The molecule has 2 aromatic carbocycles. The monoisotopic (exact) mass is 266 g/mol. The lowest BCUT2D eigenvalue weighted by Gasteiger charge is -2.06. The van der Waals surface area contributed by atoms with Gasteiger partial charge in [-0.05, 0) is 24.1 Å². The maximum absolute atomic E-state index is 12.2. The first kappa shape index (κ1) is 14.1. The number of carbonyl (C=O) groups excluding carboxylic acids is 1. The molecule has 2 rings (SSSR count). The van der Waals surface area contributed by atoms with Crippen LogP contribution in [0.15, 0.2) is 67.3 Å². The summed E-state index contributed by atoms with van der Waals surface area (Å²) in [5.41, 5.74) is 1.88. The van der Waals surface area contributed by atoms with E-state index in [9.17, 15) is 4.79 Å². The number of rotatable bonds is 7. The molecule has 2 nitrogen and oxygen atoms in total. The number of ketones is 1. The van der Waals surface area contributed by atoms with Crippen molar-refractivity contribution in [3.05, 3.63) is 78.4 Å². The van der Waals surface area contributed by atoms with Crippen LogP contribution >= 0.6 is 0 Å². The molecule has 0 aliphatic carbocycles. The molecule has 0 aromatic heterocycles. The minimum absolute atomic E-state index is 0.137. The Labute approximate surface area is 119 Å². The Morgan fingerprint density at radius 2 is 1.90 bits per heavy atom. The Hall–Kier alpha value is -2.35. The molecule has 20 heavy (non-hydrogen) atoms. The summed E-state index contributed by atoms with van der Waals surface area (Å²) in [5.74, 6) is 0.841. The van der Waals surface area contributed by atoms with E-state index in [4.69, 9.17) is 4.74 Å². The van der Waals surface area contributed by atoms with E-state index >= 15 is 0 Å². The number of carbonyl (C=O) groups is 1. The van der Waals surface area contributed by atoms with Crippen LogP contribution < -0.4 is 4.74 Å². The van der Waals surface area contributed by atoms with Gasteiger partial charge in [0.25, 0.3) is 0 Å². The summed E-state index contributed by atoms with van der Waals surface area (Å²) >= 11 is 0. The van der Waals surface area contributed by atoms with Crippen LogP contribution in [0.1, 0.15) is 22.3 Å². The third-order valence-corrected chi connectivity index (χ3v) is 3.01. The molecular formula is C18H18O2. The Morgan fingerprint density at radius 1 is 1.10 bits per heavy atom. The summed E-state index contributed by atoms with van der Waals surface area (Å²) in [6.07, 6.45) is 2.95. The predicted molar refractivity (Wildman–Crippen MR) is 81.2 cm³/mol. The van der Waals surface area contributed by atoms with Gasteiger partial charge in [0.2, 0.25) is 0 Å². The fourth-order valence-corrected chi connectivity index (χ4v) is 1.96. The van der Waals surface area contributed by atoms with Crippen molar-refractivity contribution in [2.24, 2.45) is 0 Å². The highest BCUT2D eigenvalue weighted by molar-refractivity contribution is 5.96. The molecule has 0 saturated carbocycles. The van der Waals surface area contributed by atoms with Crippen molar-refractivity contribution in [3.8, 4) is 5.75 Å². The first-order valence-electron chi connectivity index (χ1n) is 6.70. The van der Waals surface area contributed by atoms with Gasteiger partial charge in [0.1, 0.15) is 12.4 Å². The van der Waals surface area contributed by atoms with Crippen LogP contribution in [0.5, 0.6) is 5.75 Å². The second-order valence-electron chi connectivity index (χ2n) is 4.54. The lowest BCUT2D eigenvalue weighted by molar-refractivity contribution is 0.0982. The van der Waals surface area contributed by atoms with Crippen LogP contribution in [-0.2, 0) is 6.42 Å². The lowest BCUT2D eigenvalue weighted by Crippen LogP contribution is -2.02. The Bertz CT molecular complexity index is 573. The second-order valence-corrected chi connectivity index (χ2v) is 4.54. The molecule has 0 heterocycles. The van der Waals surface area contributed by atoms with Gasteiger partial charge in [0.05, 0.1) is 0 Å². The molecule has 0 atom stereocenters. The Balaban J connectivity index is 1.96. The van der Waals surface area contributed by atoms with E-state index in [-0.39, 0.29) is 5.78 Å². The van der Waals surface area contributed by atoms with Gasteiger partial charge in [-0.1, -0.05) is 55.1 Å². The highest BCUT2D eigenvalue weighted by atomic mass is 16.5. The first-order chi connectivity index (χ1) is 9.79. The van der Waals surface area contributed by atoms with Gasteiger partial charge in [-0.15, -0.1) is 0 Å². The topological polar surface area (TPSA) is 26.3 Å². The molecule has 2 aromatic rings. The van der Waals surface area contributed by atoms with Crippen LogP contribution in [-0.4, -0.2) is 12.4 Å². The number of hydrogen-bond acceptors (Lipinski definition) is 2. The second kappa shape index (κ2) is 7.29. The summed E-state index contributed by atoms with van der Waals surface area (Å²) in [4.78, 5) is 12.2. The van der Waals surface area contributed by atoms with Crippen molar-refractivity contribution < 1.29 is 9.53 Å². The van der Waals surface area contributed by atoms with Gasteiger partial charge >= 0.3 is 0 Å². The third-order valence-electron chi connectivity index (χ3n) is 3.01. The Morgan fingerprint density at radius 3 is 2.65 bits per heavy atom. The van der Waals surface area contributed by atoms with E-state index in [0.717, 1.165) is 6.42 Å². The number of Topliss-reactive ketones (excluding diaryl/α,β-unsaturated/α-hetero) is 1. The van der Waals surface area contributed by atoms with Gasteiger partial charge in [-0.25, -0.2) is 0 Å². The van der Waals surface area contributed by atoms with E-state index in [2.05, 4.69) is 6.58 Å². The van der Waals surface area contributed by atoms with E-state index in [1.165, 1.54) is 5.56 Å². The highest BCUT2D eigenvalue weighted by Crippen LogP contribution is 2.16. The molecule has 0 aliphatic rings. The summed E-state index contributed by atoms with van der Waals surface area (Å²) in [6, 6.07) is 17.3. The maximum atomic E-state index is 12.2. The molecular weight excluding hydrogens is 248 g/mol. The largest absolute Gasteiger partial charge is 0.490 e. The SMILES string of the molecule is C=CCOc1cccc(C(=O)CCc2ccccc2)c1. The molecule has 0 bridgehead atoms. The Kier molecular flexibility index (Phi) is 5.13. The van der Waals surface area contributed by atoms with Crippen molar-refractivity contribution in [1.82, 2.24) is 0 Å². The number of benzene rings is 2. The summed E-state index contributed by atoms with van der Waals surface area (Å²) in [5, 5.41) is 0. The van der Waals surface area contributed by atoms with Crippen LogP contribution in [0.3, 0.4) is 0 Å². The predicted octanol–water partition coefficient (Wildman–Crippen LogP) is 4.07. The van der Waals surface area contributed by atoms with Crippen LogP contribution in [0.2, 0.25) is 0 Å². The minimum Gasteiger partial charge on any atom is -0.490 e. The van der Waals surface area contributed by atoms with Crippen LogP contribution in [0, 0.1) is 0 Å². The van der Waals surface area contributed by atoms with Crippen LogP contribution in [0.4, 0.5) is 0 Å². The standard InChI is InChI=1S/C18H18O2/c1-2-13-20-17-10-6-9-16(14-17)18(19)12-11-15-7-4-3-5-8-15/h2-10,14H,1,11-13H2. The molecule has 0 unspecified atom stereocenters. The zero-order chi connectivity index (χ0) is 14.2. The zero-order valence-corrected chi connectivity index (χ0v) is 11.4. The zero-order valence-electron chi connectivity index (χ0n) is 11.4. The molecule has 0 saturated heterocycles. The summed E-state index contributed by atoms with van der Waals surface area (Å²) in [7, 11) is 0. The van der Waals surface area contributed by atoms with Gasteiger partial charge < -0.3 is 4.74 Å². The quantitative estimate of drug-likeness (QED) is 0.558. The van der Waals surface area contributed by atoms with Crippen molar-refractivity contribution in [2.75, 3.05) is 6.61 Å². The highest BCUT2D eigenvalue weighted by Gasteiger charge is 2.07. The van der Waals surface area contributed by atoms with Gasteiger partial charge in [-0.2, -0.15) is 0 Å². The summed E-state index contributed by atoms with van der Waals surface area (Å²) < 4.78 is 5.44. The molecule has 0 spiro atoms. The molecule has 0 N–H and O–H groups in total. The van der Waals surface area contributed by atoms with E-state index in [1.807, 2.05) is 48.5 Å². The molecule has 0 aliphatic heterocycles. The minimum atomic E-state index is 0.137. The molecule has 0 fully saturated rings. The maximum Gasteiger partial charge on any atom is 0.163 e. The van der Waals surface area contributed by atoms with E-state index in [0.29, 0.717) is 24.3 Å². The van der Waals surface area contributed by atoms with E-state index < -0.39 is 0 Å². The van der Waals surface area contributed by atoms with Crippen molar-refractivity contribution in [3.63, 3.8) is 0 Å². The number of ether oxygens (including phenoxy) is 1. The van der Waals surface area contributed by atoms with Crippen molar-refractivity contribution in [1.29, 1.82) is 0 Å². The number of aryl methyl sites for hydroxylation is 1. The van der Waals surface area contributed by atoms with Crippen LogP contribution in [0.25, 0.3) is 0 Å². The van der Waals surface area contributed by atoms with Crippen molar-refractivity contribution in [2.45, 2.75) is 12.8 Å². The average Bonchev–Trinajstić information content (AvgIpc) is 2.52. The van der Waals surface area contributed by atoms with Gasteiger partial charge in [-0.3, -0.25) is 4.79 Å². The third kappa shape index (κ3) is 4.09. The fraction of sp³-hybridized carbons (Fsp3) is 0.167. The fourth-order valence-electron chi connectivity index (χ4n) is 1.96. The summed E-state index contributed by atoms with van der Waals surface area (Å²) in [6.45, 7) is 4.05. The first-order valence-corrected chi connectivity index (χ1v) is 6.70. The average molecular weight is 266 g/mol. The molecule has 102 valence electrons. The molecule has 0 amide bonds. The van der Waals surface area contributed by atoms with Gasteiger partial charge in [0, 0.05) is 12.0 Å². The molecule has 2 heteroatoms. The lowest BCUT2D eigenvalue weighted by atomic mass is 10.0. The number of hydrogen-bond donors (Lipinski definition) is 0.